The Labute approximate surface area is 108 Å². The first-order valence-corrected chi connectivity index (χ1v) is 7.18. The molecule has 5 heteroatoms. The zero-order chi connectivity index (χ0) is 11.4. The van der Waals surface area contributed by atoms with Gasteiger partial charge in [-0.15, -0.1) is 23.1 Å². The lowest BCUT2D eigenvalue weighted by Crippen LogP contribution is -1.96. The molecular formula is C11H11ClN2S2. The molecule has 0 aliphatic heterocycles. The zero-order valence-corrected chi connectivity index (χ0v) is 11.1. The van der Waals surface area contributed by atoms with Gasteiger partial charge in [-0.2, -0.15) is 0 Å². The molecule has 1 aromatic carbocycles. The van der Waals surface area contributed by atoms with Crippen molar-refractivity contribution in [1.29, 1.82) is 0 Å². The number of rotatable bonds is 4. The van der Waals surface area contributed by atoms with E-state index in [1.807, 2.05) is 6.07 Å². The zero-order valence-electron chi connectivity index (χ0n) is 8.74. The van der Waals surface area contributed by atoms with Crippen molar-refractivity contribution in [3.8, 4) is 0 Å². The summed E-state index contributed by atoms with van der Waals surface area (Å²) < 4.78 is 0.592. The van der Waals surface area contributed by atoms with E-state index in [2.05, 4.69) is 34.8 Å². The van der Waals surface area contributed by atoms with Gasteiger partial charge in [0.05, 0.1) is 6.54 Å². The molecule has 0 unspecified atom stereocenters. The molecule has 2 nitrogen and oxygen atoms in total. The standard InChI is InChI=1S/C11H11ClN2S2/c1-15-9-4-2-3-8(5-9)13-6-10-7-14-11(12)16-10/h2-5,7,13H,6H2,1H3. The molecule has 0 bridgehead atoms. The Kier molecular flexibility index (Phi) is 4.09. The molecule has 0 saturated heterocycles. The van der Waals surface area contributed by atoms with Crippen LogP contribution in [0.15, 0.2) is 35.4 Å². The first kappa shape index (κ1) is 11.8. The highest BCUT2D eigenvalue weighted by atomic mass is 35.5. The topological polar surface area (TPSA) is 24.9 Å². The number of hydrogen-bond donors (Lipinski definition) is 1. The fourth-order valence-electron chi connectivity index (χ4n) is 1.29. The second-order valence-electron chi connectivity index (χ2n) is 3.17. The van der Waals surface area contributed by atoms with Crippen molar-refractivity contribution in [2.45, 2.75) is 11.4 Å². The van der Waals surface area contributed by atoms with Gasteiger partial charge in [0.25, 0.3) is 0 Å². The Morgan fingerprint density at radius 2 is 2.38 bits per heavy atom. The van der Waals surface area contributed by atoms with Crippen LogP contribution in [-0.4, -0.2) is 11.2 Å². The molecule has 0 aliphatic carbocycles. The van der Waals surface area contributed by atoms with Crippen molar-refractivity contribution >= 4 is 40.4 Å². The molecule has 0 atom stereocenters. The summed E-state index contributed by atoms with van der Waals surface area (Å²) in [5, 5.41) is 3.35. The maximum atomic E-state index is 5.77. The predicted molar refractivity (Wildman–Crippen MR) is 72.7 cm³/mol. The number of nitrogens with one attached hydrogen (secondary N) is 1. The molecule has 2 aromatic rings. The summed E-state index contributed by atoms with van der Waals surface area (Å²) in [5.41, 5.74) is 1.12. The average Bonchev–Trinajstić information content (AvgIpc) is 2.73. The summed E-state index contributed by atoms with van der Waals surface area (Å²) in [5.74, 6) is 0. The predicted octanol–water partition coefficient (Wildman–Crippen LogP) is 4.13. The Morgan fingerprint density at radius 3 is 3.06 bits per heavy atom. The maximum Gasteiger partial charge on any atom is 0.183 e. The highest BCUT2D eigenvalue weighted by Crippen LogP contribution is 2.21. The van der Waals surface area contributed by atoms with E-state index in [0.717, 1.165) is 17.1 Å². The number of halogens is 1. The van der Waals surface area contributed by atoms with Gasteiger partial charge in [-0.05, 0) is 24.5 Å². The van der Waals surface area contributed by atoms with Crippen LogP contribution >= 0.6 is 34.7 Å². The monoisotopic (exact) mass is 270 g/mol. The van der Waals surface area contributed by atoms with Crippen LogP contribution in [0.4, 0.5) is 5.69 Å². The molecule has 0 radical (unpaired) electrons. The Hall–Kier alpha value is -0.710. The molecule has 1 aromatic heterocycles. The second-order valence-corrected chi connectivity index (χ2v) is 5.74. The smallest absolute Gasteiger partial charge is 0.183 e. The van der Waals surface area contributed by atoms with Crippen molar-refractivity contribution in [2.24, 2.45) is 0 Å². The molecule has 0 fully saturated rings. The summed E-state index contributed by atoms with van der Waals surface area (Å²) in [6.07, 6.45) is 3.88. The molecule has 0 amide bonds. The third-order valence-electron chi connectivity index (χ3n) is 2.06. The van der Waals surface area contributed by atoms with Gasteiger partial charge in [-0.3, -0.25) is 0 Å². The normalized spacial score (nSPS) is 10.4. The van der Waals surface area contributed by atoms with E-state index in [9.17, 15) is 0 Å². The van der Waals surface area contributed by atoms with Gasteiger partial charge in [0, 0.05) is 21.7 Å². The molecular weight excluding hydrogens is 260 g/mol. The van der Waals surface area contributed by atoms with E-state index in [1.165, 1.54) is 16.2 Å². The third kappa shape index (κ3) is 3.14. The van der Waals surface area contributed by atoms with Crippen LogP contribution in [0, 0.1) is 0 Å². The van der Waals surface area contributed by atoms with Gasteiger partial charge in [0.2, 0.25) is 0 Å². The van der Waals surface area contributed by atoms with Crippen LogP contribution in [0.3, 0.4) is 0 Å². The highest BCUT2D eigenvalue weighted by Gasteiger charge is 1.99. The average molecular weight is 271 g/mol. The van der Waals surface area contributed by atoms with Gasteiger partial charge >= 0.3 is 0 Å². The summed E-state index contributed by atoms with van der Waals surface area (Å²) in [7, 11) is 0. The van der Waals surface area contributed by atoms with Crippen LogP contribution in [0.25, 0.3) is 0 Å². The minimum atomic E-state index is 0.592. The van der Waals surface area contributed by atoms with Crippen molar-refractivity contribution in [2.75, 3.05) is 11.6 Å². The summed E-state index contributed by atoms with van der Waals surface area (Å²) in [6, 6.07) is 8.34. The van der Waals surface area contributed by atoms with Crippen molar-refractivity contribution in [3.63, 3.8) is 0 Å². The van der Waals surface area contributed by atoms with Crippen LogP contribution < -0.4 is 5.32 Å². The maximum absolute atomic E-state index is 5.77. The largest absolute Gasteiger partial charge is 0.380 e. The van der Waals surface area contributed by atoms with Crippen LogP contribution in [0.5, 0.6) is 0 Å². The first-order chi connectivity index (χ1) is 7.78. The van der Waals surface area contributed by atoms with E-state index < -0.39 is 0 Å². The molecule has 0 aliphatic rings. The second kappa shape index (κ2) is 5.57. The quantitative estimate of drug-likeness (QED) is 0.846. The fourth-order valence-corrected chi connectivity index (χ4v) is 2.66. The van der Waals surface area contributed by atoms with Crippen molar-refractivity contribution in [3.05, 3.63) is 39.8 Å². The van der Waals surface area contributed by atoms with E-state index in [4.69, 9.17) is 11.6 Å². The van der Waals surface area contributed by atoms with Crippen LogP contribution in [0.2, 0.25) is 4.47 Å². The minimum Gasteiger partial charge on any atom is -0.380 e. The number of anilines is 1. The molecule has 84 valence electrons. The lowest BCUT2D eigenvalue weighted by atomic mass is 10.3. The van der Waals surface area contributed by atoms with E-state index in [1.54, 1.807) is 18.0 Å². The number of thiazole rings is 1. The van der Waals surface area contributed by atoms with Gasteiger partial charge in [0.15, 0.2) is 4.47 Å². The van der Waals surface area contributed by atoms with E-state index >= 15 is 0 Å². The molecule has 16 heavy (non-hydrogen) atoms. The summed E-state index contributed by atoms with van der Waals surface area (Å²) >= 11 is 9.01. The van der Waals surface area contributed by atoms with Crippen molar-refractivity contribution < 1.29 is 0 Å². The Morgan fingerprint density at radius 1 is 1.50 bits per heavy atom. The molecule has 0 saturated carbocycles. The Bertz CT molecular complexity index is 471. The van der Waals surface area contributed by atoms with Gasteiger partial charge < -0.3 is 5.32 Å². The lowest BCUT2D eigenvalue weighted by molar-refractivity contribution is 1.17. The molecule has 2 rings (SSSR count). The van der Waals surface area contributed by atoms with Gasteiger partial charge in [-0.1, -0.05) is 17.7 Å². The van der Waals surface area contributed by atoms with Crippen molar-refractivity contribution in [1.82, 2.24) is 4.98 Å². The molecule has 0 spiro atoms. The number of thioether (sulfide) groups is 1. The summed E-state index contributed by atoms with van der Waals surface area (Å²) in [4.78, 5) is 6.40. The third-order valence-corrected chi connectivity index (χ3v) is 3.90. The lowest BCUT2D eigenvalue weighted by Gasteiger charge is -2.05. The van der Waals surface area contributed by atoms with Gasteiger partial charge in [0.1, 0.15) is 0 Å². The highest BCUT2D eigenvalue weighted by molar-refractivity contribution is 7.98. The number of aromatic nitrogens is 1. The fraction of sp³-hybridized carbons (Fsp3) is 0.182. The number of nitrogens with zero attached hydrogens (tertiary/aromatic N) is 1. The minimum absolute atomic E-state index is 0.592. The molecule has 1 heterocycles. The first-order valence-electron chi connectivity index (χ1n) is 4.76. The number of hydrogen-bond acceptors (Lipinski definition) is 4. The number of benzene rings is 1. The van der Waals surface area contributed by atoms with Gasteiger partial charge in [-0.25, -0.2) is 4.98 Å². The van der Waals surface area contributed by atoms with E-state index in [-0.39, 0.29) is 0 Å². The summed E-state index contributed by atoms with van der Waals surface area (Å²) in [6.45, 7) is 0.766. The van der Waals surface area contributed by atoms with E-state index in [0.29, 0.717) is 4.47 Å². The van der Waals surface area contributed by atoms with Crippen LogP contribution in [-0.2, 0) is 6.54 Å². The Balaban J connectivity index is 1.99. The van der Waals surface area contributed by atoms with Crippen LogP contribution in [0.1, 0.15) is 4.88 Å². The molecule has 1 N–H and O–H groups in total. The SMILES string of the molecule is CSc1cccc(NCc2cnc(Cl)s2)c1.